The highest BCUT2D eigenvalue weighted by molar-refractivity contribution is 7.92. The van der Waals surface area contributed by atoms with Crippen LogP contribution >= 0.6 is 23.2 Å². The molecule has 0 saturated carbocycles. The van der Waals surface area contributed by atoms with Crippen molar-refractivity contribution in [1.29, 1.82) is 0 Å². The molecule has 0 atom stereocenters. The molecule has 0 amide bonds. The summed E-state index contributed by atoms with van der Waals surface area (Å²) in [4.78, 5) is 11.1. The molecule has 0 aliphatic heterocycles. The van der Waals surface area contributed by atoms with Crippen molar-refractivity contribution in [2.24, 2.45) is 0 Å². The van der Waals surface area contributed by atoms with Crippen molar-refractivity contribution in [2.75, 3.05) is 11.4 Å². The molecule has 1 N–H and O–H groups in total. The lowest BCUT2D eigenvalue weighted by atomic mass is 10.2. The normalized spacial score (nSPS) is 11.2. The molecule has 0 saturated heterocycles. The second kappa shape index (κ2) is 6.16. The van der Waals surface area contributed by atoms with Crippen molar-refractivity contribution in [1.82, 2.24) is 0 Å². The first kappa shape index (κ1) is 16.6. The molecule has 2 rings (SSSR count). The molecule has 0 aromatic heterocycles. The number of para-hydroxylation sites is 1. The maximum absolute atomic E-state index is 12.6. The maximum atomic E-state index is 12.6. The summed E-state index contributed by atoms with van der Waals surface area (Å²) in [6.45, 7) is 0. The molecule has 0 aliphatic rings. The van der Waals surface area contributed by atoms with E-state index in [2.05, 4.69) is 0 Å². The Labute approximate surface area is 137 Å². The Morgan fingerprint density at radius 3 is 2.32 bits per heavy atom. The topological polar surface area (TPSA) is 74.7 Å². The summed E-state index contributed by atoms with van der Waals surface area (Å²) >= 11 is 11.6. The highest BCUT2D eigenvalue weighted by Crippen LogP contribution is 2.29. The van der Waals surface area contributed by atoms with Crippen molar-refractivity contribution in [3.63, 3.8) is 0 Å². The van der Waals surface area contributed by atoms with Gasteiger partial charge in [0.15, 0.2) is 0 Å². The minimum atomic E-state index is -3.96. The Kier molecular flexibility index (Phi) is 4.65. The van der Waals surface area contributed by atoms with E-state index in [0.29, 0.717) is 0 Å². The Morgan fingerprint density at radius 1 is 1.09 bits per heavy atom. The summed E-state index contributed by atoms with van der Waals surface area (Å²) in [5.74, 6) is -1.22. The van der Waals surface area contributed by atoms with Crippen molar-refractivity contribution >= 4 is 44.9 Å². The molecule has 0 aliphatic carbocycles. The van der Waals surface area contributed by atoms with Crippen molar-refractivity contribution in [3.05, 3.63) is 58.1 Å². The largest absolute Gasteiger partial charge is 0.478 e. The number of carboxylic acids is 1. The maximum Gasteiger partial charge on any atom is 0.337 e. The van der Waals surface area contributed by atoms with Gasteiger partial charge in [-0.2, -0.15) is 0 Å². The van der Waals surface area contributed by atoms with Gasteiger partial charge in [-0.3, -0.25) is 4.31 Å². The Balaban J connectivity index is 2.54. The molecule has 0 spiro atoms. The number of anilines is 1. The summed E-state index contributed by atoms with van der Waals surface area (Å²) in [6.07, 6.45) is 0. The third-order valence-corrected chi connectivity index (χ3v) is 5.53. The lowest BCUT2D eigenvalue weighted by Crippen LogP contribution is -2.28. The van der Waals surface area contributed by atoms with Gasteiger partial charge in [0, 0.05) is 7.05 Å². The fourth-order valence-corrected chi connectivity index (χ4v) is 3.46. The average Bonchev–Trinajstić information content (AvgIpc) is 2.49. The number of carbonyl (C=O) groups is 1. The highest BCUT2D eigenvalue weighted by atomic mass is 35.5. The van der Waals surface area contributed by atoms with Crippen LogP contribution in [0.2, 0.25) is 10.0 Å². The zero-order valence-electron chi connectivity index (χ0n) is 11.3. The number of benzene rings is 2. The smallest absolute Gasteiger partial charge is 0.337 e. The Hall–Kier alpha value is -1.76. The monoisotopic (exact) mass is 359 g/mol. The van der Waals surface area contributed by atoms with Gasteiger partial charge in [0.05, 0.1) is 26.2 Å². The number of aromatic carboxylic acids is 1. The van der Waals surface area contributed by atoms with Crippen LogP contribution in [0.3, 0.4) is 0 Å². The molecule has 22 heavy (non-hydrogen) atoms. The fraction of sp³-hybridized carbons (Fsp3) is 0.0714. The van der Waals surface area contributed by atoms with E-state index in [1.54, 1.807) is 6.07 Å². The van der Waals surface area contributed by atoms with Gasteiger partial charge >= 0.3 is 5.97 Å². The first-order valence-electron chi connectivity index (χ1n) is 6.01. The lowest BCUT2D eigenvalue weighted by Gasteiger charge is -2.21. The van der Waals surface area contributed by atoms with Gasteiger partial charge < -0.3 is 5.11 Å². The van der Waals surface area contributed by atoms with Crippen molar-refractivity contribution in [3.8, 4) is 0 Å². The second-order valence-corrected chi connectivity index (χ2v) is 7.15. The molecule has 0 radical (unpaired) electrons. The first-order valence-corrected chi connectivity index (χ1v) is 8.21. The van der Waals surface area contributed by atoms with Gasteiger partial charge in [-0.15, -0.1) is 0 Å². The van der Waals surface area contributed by atoms with E-state index in [9.17, 15) is 18.3 Å². The van der Waals surface area contributed by atoms with E-state index < -0.39 is 16.0 Å². The summed E-state index contributed by atoms with van der Waals surface area (Å²) in [7, 11) is -2.68. The van der Waals surface area contributed by atoms with Gasteiger partial charge in [0.25, 0.3) is 10.0 Å². The lowest BCUT2D eigenvalue weighted by molar-refractivity contribution is 0.0698. The zero-order chi connectivity index (χ0) is 16.5. The molecule has 8 heteroatoms. The third-order valence-electron chi connectivity index (χ3n) is 3.02. The zero-order valence-corrected chi connectivity index (χ0v) is 13.7. The van der Waals surface area contributed by atoms with E-state index in [-0.39, 0.29) is 26.2 Å². The number of sulfonamides is 1. The molecule has 0 unspecified atom stereocenters. The summed E-state index contributed by atoms with van der Waals surface area (Å²) in [5.41, 5.74) is -0.0605. The van der Waals surface area contributed by atoms with Gasteiger partial charge in [-0.25, -0.2) is 13.2 Å². The number of carboxylic acid groups (broad SMARTS) is 1. The van der Waals surface area contributed by atoms with E-state index in [1.807, 2.05) is 0 Å². The molecular weight excluding hydrogens is 349 g/mol. The quantitative estimate of drug-likeness (QED) is 0.905. The average molecular weight is 360 g/mol. The van der Waals surface area contributed by atoms with Crippen LogP contribution in [0.1, 0.15) is 10.4 Å². The third kappa shape index (κ3) is 3.04. The van der Waals surface area contributed by atoms with Crippen LogP contribution in [0.15, 0.2) is 47.4 Å². The Morgan fingerprint density at radius 2 is 1.73 bits per heavy atom. The number of rotatable bonds is 4. The molecule has 116 valence electrons. The van der Waals surface area contributed by atoms with Gasteiger partial charge in [0.1, 0.15) is 0 Å². The number of hydrogen-bond acceptors (Lipinski definition) is 3. The summed E-state index contributed by atoms with van der Waals surface area (Å²) < 4.78 is 26.1. The first-order chi connectivity index (χ1) is 10.2. The SMILES string of the molecule is CN(c1ccccc1C(=O)O)S(=O)(=O)c1ccc(Cl)c(Cl)c1. The number of halogens is 2. The van der Waals surface area contributed by atoms with Crippen molar-refractivity contribution < 1.29 is 18.3 Å². The predicted molar refractivity (Wildman–Crippen MR) is 85.5 cm³/mol. The van der Waals surface area contributed by atoms with E-state index in [0.717, 1.165) is 4.31 Å². The van der Waals surface area contributed by atoms with Crippen LogP contribution in [0.25, 0.3) is 0 Å². The highest BCUT2D eigenvalue weighted by Gasteiger charge is 2.25. The van der Waals surface area contributed by atoms with E-state index in [1.165, 1.54) is 43.4 Å². The fourth-order valence-electron chi connectivity index (χ4n) is 1.85. The minimum Gasteiger partial charge on any atom is -0.478 e. The van der Waals surface area contributed by atoms with Crippen LogP contribution in [-0.4, -0.2) is 26.5 Å². The molecule has 2 aromatic carbocycles. The van der Waals surface area contributed by atoms with Crippen LogP contribution in [0.4, 0.5) is 5.69 Å². The molecule has 0 bridgehead atoms. The molecule has 2 aromatic rings. The van der Waals surface area contributed by atoms with Crippen LogP contribution in [0, 0.1) is 0 Å². The molecule has 0 fully saturated rings. The van der Waals surface area contributed by atoms with Crippen LogP contribution in [-0.2, 0) is 10.0 Å². The van der Waals surface area contributed by atoms with E-state index >= 15 is 0 Å². The van der Waals surface area contributed by atoms with Gasteiger partial charge in [-0.1, -0.05) is 35.3 Å². The molecule has 0 heterocycles. The second-order valence-electron chi connectivity index (χ2n) is 4.37. The van der Waals surface area contributed by atoms with Crippen LogP contribution < -0.4 is 4.31 Å². The number of hydrogen-bond donors (Lipinski definition) is 1. The summed E-state index contributed by atoms with van der Waals surface area (Å²) in [5, 5.41) is 9.50. The molecule has 5 nitrogen and oxygen atoms in total. The molecular formula is C14H11Cl2NO4S. The summed E-state index contributed by atoms with van der Waals surface area (Å²) in [6, 6.07) is 9.72. The number of nitrogens with zero attached hydrogens (tertiary/aromatic N) is 1. The van der Waals surface area contributed by atoms with E-state index in [4.69, 9.17) is 23.2 Å². The van der Waals surface area contributed by atoms with Crippen LogP contribution in [0.5, 0.6) is 0 Å². The minimum absolute atomic E-state index is 0.0565. The standard InChI is InChI=1S/C14H11Cl2NO4S/c1-17(13-5-3-2-4-10(13)14(18)19)22(20,21)9-6-7-11(15)12(16)8-9/h2-8H,1H3,(H,18,19). The van der Waals surface area contributed by atoms with Crippen molar-refractivity contribution in [2.45, 2.75) is 4.90 Å². The Bertz CT molecular complexity index is 836. The van der Waals surface area contributed by atoms with Gasteiger partial charge in [-0.05, 0) is 30.3 Å². The predicted octanol–water partition coefficient (Wildman–Crippen LogP) is 3.52. The van der Waals surface area contributed by atoms with Gasteiger partial charge in [0.2, 0.25) is 0 Å².